The van der Waals surface area contributed by atoms with E-state index in [1.165, 1.54) is 5.56 Å². The molecule has 0 spiro atoms. The van der Waals surface area contributed by atoms with Crippen molar-refractivity contribution in [3.63, 3.8) is 0 Å². The number of imidazole rings is 1. The van der Waals surface area contributed by atoms with Gasteiger partial charge in [-0.05, 0) is 54.7 Å². The summed E-state index contributed by atoms with van der Waals surface area (Å²) in [5.74, 6) is 1.22. The Bertz CT molecular complexity index is 1360. The molecule has 37 heavy (non-hydrogen) atoms. The number of piperidine rings is 1. The van der Waals surface area contributed by atoms with E-state index >= 15 is 0 Å². The van der Waals surface area contributed by atoms with Gasteiger partial charge in [-0.1, -0.05) is 55.8 Å². The van der Waals surface area contributed by atoms with Crippen LogP contribution in [0.5, 0.6) is 0 Å². The fourth-order valence-corrected chi connectivity index (χ4v) is 4.70. The van der Waals surface area contributed by atoms with Crippen LogP contribution in [0.25, 0.3) is 5.65 Å². The Morgan fingerprint density at radius 3 is 2.43 bits per heavy atom. The van der Waals surface area contributed by atoms with Crippen molar-refractivity contribution >= 4 is 29.1 Å². The number of amides is 2. The molecule has 0 unspecified atom stereocenters. The van der Waals surface area contributed by atoms with Crippen LogP contribution in [0.3, 0.4) is 0 Å². The molecule has 0 bridgehead atoms. The van der Waals surface area contributed by atoms with Gasteiger partial charge in [0.2, 0.25) is 5.91 Å². The summed E-state index contributed by atoms with van der Waals surface area (Å²) in [4.78, 5) is 32.0. The van der Waals surface area contributed by atoms with Crippen LogP contribution >= 0.6 is 0 Å². The molecule has 4 aromatic rings. The number of carbonyl (C=O) groups excluding carboxylic acids is 2. The molecule has 1 saturated heterocycles. The minimum Gasteiger partial charge on any atom is -0.355 e. The summed E-state index contributed by atoms with van der Waals surface area (Å²) >= 11 is 0. The average molecular weight is 497 g/mol. The van der Waals surface area contributed by atoms with E-state index in [1.807, 2.05) is 66.7 Å². The Labute approximate surface area is 216 Å². The quantitative estimate of drug-likeness (QED) is 0.376. The lowest BCUT2D eigenvalue weighted by atomic mass is 9.96. The number of aryl methyl sites for hydroxylation is 1. The molecule has 8 nitrogen and oxygen atoms in total. The lowest BCUT2D eigenvalue weighted by Gasteiger charge is -2.32. The molecule has 2 N–H and O–H groups in total. The van der Waals surface area contributed by atoms with Gasteiger partial charge in [-0.3, -0.25) is 9.59 Å². The van der Waals surface area contributed by atoms with Gasteiger partial charge < -0.3 is 15.5 Å². The van der Waals surface area contributed by atoms with Crippen LogP contribution in [0.2, 0.25) is 0 Å². The van der Waals surface area contributed by atoms with E-state index in [1.54, 1.807) is 10.7 Å². The number of anilines is 2. The highest BCUT2D eigenvalue weighted by Crippen LogP contribution is 2.23. The standard InChI is InChI=1S/C29H32N6O2/c1-2-6-21-9-11-23(12-10-21)29(37)32-25-20-35-26(31-25)13-14-27(33-35)34-17-15-24(16-18-34)28(36)30-19-22-7-4-3-5-8-22/h3-5,7-14,20,24H,2,6,15-19H2,1H3,(H,30,36)(H,32,37). The lowest BCUT2D eigenvalue weighted by molar-refractivity contribution is -0.125. The number of fused-ring (bicyclic) bond motifs is 1. The van der Waals surface area contributed by atoms with E-state index < -0.39 is 0 Å². The summed E-state index contributed by atoms with van der Waals surface area (Å²) < 4.78 is 1.69. The summed E-state index contributed by atoms with van der Waals surface area (Å²) in [6.07, 6.45) is 5.36. The highest BCUT2D eigenvalue weighted by atomic mass is 16.2. The number of nitrogens with zero attached hydrogens (tertiary/aromatic N) is 4. The number of nitrogens with one attached hydrogen (secondary N) is 2. The molecule has 3 heterocycles. The first-order valence-corrected chi connectivity index (χ1v) is 12.9. The van der Waals surface area contributed by atoms with Crippen LogP contribution in [0.15, 0.2) is 72.9 Å². The van der Waals surface area contributed by atoms with Gasteiger partial charge in [0, 0.05) is 31.1 Å². The number of hydrogen-bond acceptors (Lipinski definition) is 5. The van der Waals surface area contributed by atoms with Crippen LogP contribution in [0, 0.1) is 5.92 Å². The van der Waals surface area contributed by atoms with Crippen molar-refractivity contribution in [3.05, 3.63) is 89.6 Å². The van der Waals surface area contributed by atoms with E-state index in [0.29, 0.717) is 23.6 Å². The van der Waals surface area contributed by atoms with Gasteiger partial charge in [-0.25, -0.2) is 9.50 Å². The molecule has 1 aliphatic heterocycles. The molecule has 2 aromatic heterocycles. The summed E-state index contributed by atoms with van der Waals surface area (Å²) in [6, 6.07) is 21.5. The number of aromatic nitrogens is 3. The fourth-order valence-electron chi connectivity index (χ4n) is 4.70. The average Bonchev–Trinajstić information content (AvgIpc) is 3.34. The van der Waals surface area contributed by atoms with Gasteiger partial charge in [0.15, 0.2) is 11.5 Å². The van der Waals surface area contributed by atoms with Crippen molar-refractivity contribution in [3.8, 4) is 0 Å². The first-order valence-electron chi connectivity index (χ1n) is 12.9. The van der Waals surface area contributed by atoms with Crippen molar-refractivity contribution in [1.82, 2.24) is 19.9 Å². The Kier molecular flexibility index (Phi) is 7.44. The van der Waals surface area contributed by atoms with E-state index in [2.05, 4.69) is 27.4 Å². The van der Waals surface area contributed by atoms with Crippen molar-refractivity contribution in [2.45, 2.75) is 39.2 Å². The molecule has 0 radical (unpaired) electrons. The molecule has 5 rings (SSSR count). The molecule has 0 saturated carbocycles. The van der Waals surface area contributed by atoms with Crippen LogP contribution in [0.4, 0.5) is 11.6 Å². The van der Waals surface area contributed by atoms with E-state index in [9.17, 15) is 9.59 Å². The Morgan fingerprint density at radius 2 is 1.70 bits per heavy atom. The summed E-state index contributed by atoms with van der Waals surface area (Å²) in [5.41, 5.74) is 3.58. The van der Waals surface area contributed by atoms with Crippen LogP contribution in [-0.4, -0.2) is 39.5 Å². The normalized spacial score (nSPS) is 14.0. The Balaban J connectivity index is 1.17. The third-order valence-electron chi connectivity index (χ3n) is 6.80. The highest BCUT2D eigenvalue weighted by Gasteiger charge is 2.25. The second kappa shape index (κ2) is 11.2. The van der Waals surface area contributed by atoms with Crippen LogP contribution in [0.1, 0.15) is 47.7 Å². The zero-order valence-electron chi connectivity index (χ0n) is 21.1. The smallest absolute Gasteiger partial charge is 0.256 e. The third-order valence-corrected chi connectivity index (χ3v) is 6.80. The molecular formula is C29H32N6O2. The largest absolute Gasteiger partial charge is 0.355 e. The molecule has 0 aliphatic carbocycles. The molecule has 0 atom stereocenters. The maximum atomic E-state index is 12.7. The molecular weight excluding hydrogens is 464 g/mol. The van der Waals surface area contributed by atoms with Crippen molar-refractivity contribution < 1.29 is 9.59 Å². The molecule has 190 valence electrons. The lowest BCUT2D eigenvalue weighted by Crippen LogP contribution is -2.40. The monoisotopic (exact) mass is 496 g/mol. The number of benzene rings is 2. The van der Waals surface area contributed by atoms with Crippen molar-refractivity contribution in [2.24, 2.45) is 5.92 Å². The van der Waals surface area contributed by atoms with Gasteiger partial charge in [-0.15, -0.1) is 5.10 Å². The first kappa shape index (κ1) is 24.5. The zero-order valence-corrected chi connectivity index (χ0v) is 21.1. The third kappa shape index (κ3) is 5.97. The second-order valence-corrected chi connectivity index (χ2v) is 9.49. The van der Waals surface area contributed by atoms with Crippen LogP contribution in [-0.2, 0) is 17.8 Å². The minimum absolute atomic E-state index is 0.00907. The maximum absolute atomic E-state index is 12.7. The van der Waals surface area contributed by atoms with Gasteiger partial charge in [0.25, 0.3) is 5.91 Å². The van der Waals surface area contributed by atoms with Crippen LogP contribution < -0.4 is 15.5 Å². The van der Waals surface area contributed by atoms with Crippen molar-refractivity contribution in [2.75, 3.05) is 23.3 Å². The first-order chi connectivity index (χ1) is 18.1. The Morgan fingerprint density at radius 1 is 0.946 bits per heavy atom. The predicted octanol–water partition coefficient (Wildman–Crippen LogP) is 4.47. The molecule has 2 aromatic carbocycles. The predicted molar refractivity (Wildman–Crippen MR) is 145 cm³/mol. The SMILES string of the molecule is CCCc1ccc(C(=O)Nc2cn3nc(N4CCC(C(=O)NCc5ccccc5)CC4)ccc3n2)cc1. The maximum Gasteiger partial charge on any atom is 0.256 e. The van der Waals surface area contributed by atoms with Gasteiger partial charge in [0.05, 0.1) is 6.20 Å². The Hall–Kier alpha value is -4.20. The topological polar surface area (TPSA) is 91.6 Å². The molecule has 1 aliphatic rings. The van der Waals surface area contributed by atoms with Gasteiger partial charge >= 0.3 is 0 Å². The van der Waals surface area contributed by atoms with Gasteiger partial charge in [0.1, 0.15) is 5.82 Å². The molecule has 2 amide bonds. The number of carbonyl (C=O) groups is 2. The van der Waals surface area contributed by atoms with Crippen molar-refractivity contribution in [1.29, 1.82) is 0 Å². The fraction of sp³-hybridized carbons (Fsp3) is 0.310. The van der Waals surface area contributed by atoms with E-state index in [-0.39, 0.29) is 17.7 Å². The minimum atomic E-state index is -0.195. The second-order valence-electron chi connectivity index (χ2n) is 9.49. The number of rotatable bonds is 8. The zero-order chi connectivity index (χ0) is 25.6. The number of hydrogen-bond donors (Lipinski definition) is 2. The summed E-state index contributed by atoms with van der Waals surface area (Å²) in [7, 11) is 0. The molecule has 8 heteroatoms. The summed E-state index contributed by atoms with van der Waals surface area (Å²) in [6.45, 7) is 4.21. The highest BCUT2D eigenvalue weighted by molar-refractivity contribution is 6.03. The molecule has 1 fully saturated rings. The van der Waals surface area contributed by atoms with E-state index in [0.717, 1.165) is 50.2 Å². The van der Waals surface area contributed by atoms with Gasteiger partial charge in [-0.2, -0.15) is 0 Å². The van der Waals surface area contributed by atoms with E-state index in [4.69, 9.17) is 5.10 Å². The summed E-state index contributed by atoms with van der Waals surface area (Å²) in [5, 5.41) is 10.6.